The van der Waals surface area contributed by atoms with Gasteiger partial charge >= 0.3 is 5.97 Å². The Morgan fingerprint density at radius 3 is 2.50 bits per heavy atom. The van der Waals surface area contributed by atoms with Crippen molar-refractivity contribution in [2.75, 3.05) is 37.6 Å². The Kier molecular flexibility index (Phi) is 10.8. The standard InChI is InChI=1S/C22H30N4O3.ClH/c1-17-7-6-8-20(18(17)2)26-13-11-25(12-14-26)16-19(15-23)22(29)24-10-5-3-4-9-21(27)28;/h6-8,16H,3-5,9-14H2,1-2H3,(H,24,29)(H,27,28);1H/b19-16-;. The predicted octanol–water partition coefficient (Wildman–Crippen LogP) is 3.02. The lowest BCUT2D eigenvalue weighted by atomic mass is 10.1. The number of hydrogen-bond acceptors (Lipinski definition) is 5. The monoisotopic (exact) mass is 434 g/mol. The van der Waals surface area contributed by atoms with Gasteiger partial charge in [-0.15, -0.1) is 12.4 Å². The van der Waals surface area contributed by atoms with E-state index in [0.29, 0.717) is 19.4 Å². The number of benzene rings is 1. The van der Waals surface area contributed by atoms with Gasteiger partial charge in [0.2, 0.25) is 0 Å². The van der Waals surface area contributed by atoms with Crippen molar-refractivity contribution in [3.63, 3.8) is 0 Å². The summed E-state index contributed by atoms with van der Waals surface area (Å²) in [6.07, 6.45) is 3.83. The summed E-state index contributed by atoms with van der Waals surface area (Å²) in [6, 6.07) is 8.32. The van der Waals surface area contributed by atoms with Crippen LogP contribution in [0, 0.1) is 25.2 Å². The number of nitrogens with zero attached hydrogens (tertiary/aromatic N) is 3. The van der Waals surface area contributed by atoms with Crippen LogP contribution >= 0.6 is 12.4 Å². The van der Waals surface area contributed by atoms with E-state index in [-0.39, 0.29) is 30.3 Å². The molecule has 1 aromatic carbocycles. The third-order valence-electron chi connectivity index (χ3n) is 5.26. The third kappa shape index (κ3) is 7.60. The van der Waals surface area contributed by atoms with Crippen molar-refractivity contribution < 1.29 is 14.7 Å². The summed E-state index contributed by atoms with van der Waals surface area (Å²) in [4.78, 5) is 27.1. The van der Waals surface area contributed by atoms with Gasteiger partial charge < -0.3 is 20.2 Å². The van der Waals surface area contributed by atoms with E-state index in [9.17, 15) is 14.9 Å². The second kappa shape index (κ2) is 12.8. The van der Waals surface area contributed by atoms with Crippen LogP contribution in [-0.4, -0.2) is 54.6 Å². The van der Waals surface area contributed by atoms with Gasteiger partial charge in [0.1, 0.15) is 11.6 Å². The summed E-state index contributed by atoms with van der Waals surface area (Å²) in [6.45, 7) is 7.87. The zero-order valence-electron chi connectivity index (χ0n) is 17.7. The molecule has 0 aliphatic carbocycles. The molecule has 1 aliphatic heterocycles. The number of carboxylic acids is 1. The van der Waals surface area contributed by atoms with E-state index in [1.807, 2.05) is 11.0 Å². The first-order valence-corrected chi connectivity index (χ1v) is 10.1. The molecular weight excluding hydrogens is 404 g/mol. The van der Waals surface area contributed by atoms with Crippen LogP contribution in [0.3, 0.4) is 0 Å². The highest BCUT2D eigenvalue weighted by molar-refractivity contribution is 5.97. The van der Waals surface area contributed by atoms with E-state index in [2.05, 4.69) is 42.3 Å². The summed E-state index contributed by atoms with van der Waals surface area (Å²) in [7, 11) is 0. The summed E-state index contributed by atoms with van der Waals surface area (Å²) in [5.74, 6) is -1.18. The molecule has 7 nitrogen and oxygen atoms in total. The summed E-state index contributed by atoms with van der Waals surface area (Å²) in [5, 5.41) is 20.7. The number of aliphatic carboxylic acids is 1. The highest BCUT2D eigenvalue weighted by atomic mass is 35.5. The quantitative estimate of drug-likeness (QED) is 0.352. The topological polar surface area (TPSA) is 96.7 Å². The van der Waals surface area contributed by atoms with Crippen LogP contribution in [-0.2, 0) is 9.59 Å². The predicted molar refractivity (Wildman–Crippen MR) is 120 cm³/mol. The van der Waals surface area contributed by atoms with Crippen LogP contribution in [0.2, 0.25) is 0 Å². The molecule has 1 amide bonds. The van der Waals surface area contributed by atoms with Gasteiger partial charge in [0.15, 0.2) is 0 Å². The number of carboxylic acid groups (broad SMARTS) is 1. The molecule has 1 saturated heterocycles. The fourth-order valence-corrected chi connectivity index (χ4v) is 3.37. The van der Waals surface area contributed by atoms with Crippen molar-refractivity contribution in [1.82, 2.24) is 10.2 Å². The van der Waals surface area contributed by atoms with E-state index in [0.717, 1.165) is 32.6 Å². The second-order valence-electron chi connectivity index (χ2n) is 7.36. The van der Waals surface area contributed by atoms with E-state index >= 15 is 0 Å². The minimum atomic E-state index is -0.804. The Balaban J connectivity index is 0.00000450. The number of aryl methyl sites for hydroxylation is 1. The molecule has 0 unspecified atom stereocenters. The Hall–Kier alpha value is -2.72. The molecule has 0 saturated carbocycles. The van der Waals surface area contributed by atoms with Gasteiger partial charge in [0, 0.05) is 51.0 Å². The van der Waals surface area contributed by atoms with Gasteiger partial charge in [-0.3, -0.25) is 9.59 Å². The molecule has 1 fully saturated rings. The van der Waals surface area contributed by atoms with Crippen LogP contribution in [0.15, 0.2) is 30.0 Å². The second-order valence-corrected chi connectivity index (χ2v) is 7.36. The third-order valence-corrected chi connectivity index (χ3v) is 5.26. The van der Waals surface area contributed by atoms with Crippen LogP contribution < -0.4 is 10.2 Å². The number of nitrogens with one attached hydrogen (secondary N) is 1. The largest absolute Gasteiger partial charge is 0.481 e. The molecule has 1 aliphatic rings. The first-order chi connectivity index (χ1) is 13.9. The molecule has 1 aromatic rings. The zero-order valence-corrected chi connectivity index (χ0v) is 18.5. The summed E-state index contributed by atoms with van der Waals surface area (Å²) in [5.41, 5.74) is 3.92. The van der Waals surface area contributed by atoms with Crippen LogP contribution in [0.5, 0.6) is 0 Å². The summed E-state index contributed by atoms with van der Waals surface area (Å²) >= 11 is 0. The van der Waals surface area contributed by atoms with Crippen molar-refractivity contribution >= 4 is 30.0 Å². The summed E-state index contributed by atoms with van der Waals surface area (Å²) < 4.78 is 0. The Labute approximate surface area is 184 Å². The SMILES string of the molecule is Cc1cccc(N2CCN(/C=C(/C#N)C(=O)NCCCCCC(=O)O)CC2)c1C.Cl. The fraction of sp³-hybridized carbons (Fsp3) is 0.500. The molecule has 8 heteroatoms. The molecule has 0 bridgehead atoms. The highest BCUT2D eigenvalue weighted by Gasteiger charge is 2.19. The maximum absolute atomic E-state index is 12.2. The average molecular weight is 435 g/mol. The van der Waals surface area contributed by atoms with Crippen molar-refractivity contribution in [3.05, 3.63) is 41.1 Å². The maximum Gasteiger partial charge on any atom is 0.303 e. The number of amides is 1. The number of hydrogen-bond donors (Lipinski definition) is 2. The molecule has 0 aromatic heterocycles. The maximum atomic E-state index is 12.2. The van der Waals surface area contributed by atoms with Crippen molar-refractivity contribution in [1.29, 1.82) is 5.26 Å². The van der Waals surface area contributed by atoms with Gasteiger partial charge in [-0.05, 0) is 43.9 Å². The van der Waals surface area contributed by atoms with Gasteiger partial charge in [-0.2, -0.15) is 5.26 Å². The number of nitriles is 1. The molecule has 0 atom stereocenters. The van der Waals surface area contributed by atoms with Crippen LogP contribution in [0.1, 0.15) is 36.8 Å². The number of piperazine rings is 1. The Morgan fingerprint density at radius 2 is 1.87 bits per heavy atom. The van der Waals surface area contributed by atoms with Crippen molar-refractivity contribution in [3.8, 4) is 6.07 Å². The van der Waals surface area contributed by atoms with Gasteiger partial charge in [0.05, 0.1) is 0 Å². The van der Waals surface area contributed by atoms with Crippen LogP contribution in [0.4, 0.5) is 5.69 Å². The van der Waals surface area contributed by atoms with Gasteiger partial charge in [-0.25, -0.2) is 0 Å². The smallest absolute Gasteiger partial charge is 0.303 e. The Morgan fingerprint density at radius 1 is 1.17 bits per heavy atom. The molecule has 2 rings (SSSR count). The first kappa shape index (κ1) is 25.3. The van der Waals surface area contributed by atoms with Gasteiger partial charge in [0.25, 0.3) is 5.91 Å². The zero-order chi connectivity index (χ0) is 21.2. The lowest BCUT2D eigenvalue weighted by Gasteiger charge is -2.36. The number of halogens is 1. The number of anilines is 1. The number of unbranched alkanes of at least 4 members (excludes halogenated alkanes) is 2. The molecule has 2 N–H and O–H groups in total. The van der Waals surface area contributed by atoms with Crippen molar-refractivity contribution in [2.24, 2.45) is 0 Å². The first-order valence-electron chi connectivity index (χ1n) is 10.1. The fourth-order valence-electron chi connectivity index (χ4n) is 3.37. The molecule has 1 heterocycles. The lowest BCUT2D eigenvalue weighted by molar-refractivity contribution is -0.137. The number of rotatable bonds is 9. The molecule has 0 spiro atoms. The lowest BCUT2D eigenvalue weighted by Crippen LogP contribution is -2.44. The van der Waals surface area contributed by atoms with Crippen LogP contribution in [0.25, 0.3) is 0 Å². The normalized spacial score (nSPS) is 14.0. The number of carbonyl (C=O) groups is 2. The van der Waals surface area contributed by atoms with Gasteiger partial charge in [-0.1, -0.05) is 18.6 Å². The van der Waals surface area contributed by atoms with E-state index in [1.54, 1.807) is 6.20 Å². The average Bonchev–Trinajstić information content (AvgIpc) is 2.71. The molecule has 164 valence electrons. The molecule has 0 radical (unpaired) electrons. The minimum absolute atomic E-state index is 0. The van der Waals surface area contributed by atoms with E-state index in [4.69, 9.17) is 5.11 Å². The highest BCUT2D eigenvalue weighted by Crippen LogP contribution is 2.24. The van der Waals surface area contributed by atoms with Crippen molar-refractivity contribution in [2.45, 2.75) is 39.5 Å². The molecule has 30 heavy (non-hydrogen) atoms. The number of carbonyl (C=O) groups excluding carboxylic acids is 1. The molecular formula is C22H31ClN4O3. The van der Waals surface area contributed by atoms with E-state index < -0.39 is 5.97 Å². The van der Waals surface area contributed by atoms with E-state index in [1.165, 1.54) is 16.8 Å². The minimum Gasteiger partial charge on any atom is -0.481 e. The Bertz CT molecular complexity index is 796.